The lowest BCUT2D eigenvalue weighted by atomic mass is 10.2. The maximum atomic E-state index is 13.6. The zero-order valence-corrected chi connectivity index (χ0v) is 15.7. The van der Waals surface area contributed by atoms with Crippen molar-refractivity contribution in [3.63, 3.8) is 0 Å². The maximum absolute atomic E-state index is 13.6. The number of carbonyl (C=O) groups is 2. The molecule has 0 atom stereocenters. The molecule has 1 fully saturated rings. The number of anilines is 2. The molecule has 0 radical (unpaired) electrons. The lowest BCUT2D eigenvalue weighted by Crippen LogP contribution is -3.28. The number of carbonyl (C=O) groups excluding carboxylic acids is 2. The molecule has 0 aromatic heterocycles. The molecule has 154 valence electrons. The molecule has 0 saturated carbocycles. The van der Waals surface area contributed by atoms with Crippen LogP contribution >= 0.6 is 0 Å². The van der Waals surface area contributed by atoms with Crippen molar-refractivity contribution in [3.8, 4) is 0 Å². The fraction of sp³-hybridized carbons (Fsp3) is 0.300. The number of amides is 2. The monoisotopic (exact) mass is 408 g/mol. The van der Waals surface area contributed by atoms with E-state index in [1.807, 2.05) is 0 Å². The highest BCUT2D eigenvalue weighted by molar-refractivity contribution is 5.92. The largest absolute Gasteiger partial charge is 0.321 e. The Morgan fingerprint density at radius 1 is 0.793 bits per heavy atom. The van der Waals surface area contributed by atoms with Gasteiger partial charge in [-0.05, 0) is 30.3 Å². The van der Waals surface area contributed by atoms with Crippen LogP contribution in [0.25, 0.3) is 0 Å². The van der Waals surface area contributed by atoms with Crippen molar-refractivity contribution < 1.29 is 32.6 Å². The Balaban J connectivity index is 1.40. The standard InChI is InChI=1S/C20H21F3N4O2/c21-14-2-1-3-16(10-14)24-19(28)12-26-6-8-27(9-7-26)13-20(29)25-18-5-4-15(22)11-17(18)23/h1-5,10-11H,6-9,12-13H2,(H,24,28)(H,25,29)/p+2. The fourth-order valence-corrected chi connectivity index (χ4v) is 3.32. The Kier molecular flexibility index (Phi) is 6.84. The average Bonchev–Trinajstić information content (AvgIpc) is 2.65. The van der Waals surface area contributed by atoms with Crippen LogP contribution in [0.2, 0.25) is 0 Å². The molecule has 2 amide bonds. The average molecular weight is 408 g/mol. The minimum Gasteiger partial charge on any atom is -0.321 e. The molecule has 1 aliphatic rings. The van der Waals surface area contributed by atoms with Crippen LogP contribution in [0.15, 0.2) is 42.5 Å². The SMILES string of the molecule is O=C(C[NH+]1CC[NH+](CC(=O)Nc2ccc(F)cc2F)CC1)Nc1cccc(F)c1. The summed E-state index contributed by atoms with van der Waals surface area (Å²) in [6, 6.07) is 8.73. The summed E-state index contributed by atoms with van der Waals surface area (Å²) in [5, 5.41) is 5.13. The Morgan fingerprint density at radius 3 is 1.97 bits per heavy atom. The van der Waals surface area contributed by atoms with Crippen molar-refractivity contribution in [2.24, 2.45) is 0 Å². The summed E-state index contributed by atoms with van der Waals surface area (Å²) >= 11 is 0. The van der Waals surface area contributed by atoms with Crippen LogP contribution in [0.3, 0.4) is 0 Å². The molecule has 1 aliphatic heterocycles. The number of hydrogen-bond donors (Lipinski definition) is 4. The molecule has 2 aromatic rings. The number of rotatable bonds is 6. The van der Waals surface area contributed by atoms with Crippen molar-refractivity contribution in [2.75, 3.05) is 49.9 Å². The molecule has 0 aliphatic carbocycles. The maximum Gasteiger partial charge on any atom is 0.279 e. The van der Waals surface area contributed by atoms with Crippen LogP contribution in [-0.2, 0) is 9.59 Å². The van der Waals surface area contributed by atoms with Crippen molar-refractivity contribution in [1.29, 1.82) is 0 Å². The molecule has 29 heavy (non-hydrogen) atoms. The minimum atomic E-state index is -0.813. The topological polar surface area (TPSA) is 67.1 Å². The Labute approximate surface area is 166 Å². The van der Waals surface area contributed by atoms with Gasteiger partial charge in [0, 0.05) is 11.8 Å². The van der Waals surface area contributed by atoms with E-state index in [1.165, 1.54) is 24.3 Å². The van der Waals surface area contributed by atoms with Gasteiger partial charge in [0.15, 0.2) is 13.1 Å². The van der Waals surface area contributed by atoms with Gasteiger partial charge in [-0.1, -0.05) is 6.07 Å². The summed E-state index contributed by atoms with van der Waals surface area (Å²) in [5.41, 5.74) is 0.373. The molecule has 0 bridgehead atoms. The lowest BCUT2D eigenvalue weighted by molar-refractivity contribution is -1.00. The first-order valence-electron chi connectivity index (χ1n) is 9.36. The summed E-state index contributed by atoms with van der Waals surface area (Å²) in [5.74, 6) is -2.47. The smallest absolute Gasteiger partial charge is 0.279 e. The zero-order chi connectivity index (χ0) is 20.8. The first kappa shape index (κ1) is 20.8. The van der Waals surface area contributed by atoms with E-state index in [4.69, 9.17) is 0 Å². The molecule has 1 saturated heterocycles. The van der Waals surface area contributed by atoms with E-state index >= 15 is 0 Å². The molecule has 4 N–H and O–H groups in total. The van der Waals surface area contributed by atoms with Gasteiger partial charge in [-0.25, -0.2) is 13.2 Å². The third-order valence-electron chi connectivity index (χ3n) is 4.80. The zero-order valence-electron chi connectivity index (χ0n) is 15.7. The van der Waals surface area contributed by atoms with Crippen LogP contribution in [0.5, 0.6) is 0 Å². The van der Waals surface area contributed by atoms with Crippen molar-refractivity contribution in [3.05, 3.63) is 59.9 Å². The van der Waals surface area contributed by atoms with Gasteiger partial charge in [0.2, 0.25) is 0 Å². The Bertz CT molecular complexity index is 886. The first-order valence-corrected chi connectivity index (χ1v) is 9.36. The molecule has 9 heteroatoms. The number of quaternary nitrogens is 2. The molecule has 3 rings (SSSR count). The molecule has 6 nitrogen and oxygen atoms in total. The number of nitrogens with one attached hydrogen (secondary N) is 4. The van der Waals surface area contributed by atoms with E-state index in [2.05, 4.69) is 10.6 Å². The fourth-order valence-electron chi connectivity index (χ4n) is 3.32. The van der Waals surface area contributed by atoms with E-state index in [1.54, 1.807) is 6.07 Å². The minimum absolute atomic E-state index is 0.0471. The van der Waals surface area contributed by atoms with Crippen molar-refractivity contribution >= 4 is 23.2 Å². The first-order chi connectivity index (χ1) is 13.9. The molecule has 0 unspecified atom stereocenters. The summed E-state index contributed by atoms with van der Waals surface area (Å²) in [6.07, 6.45) is 0. The van der Waals surface area contributed by atoms with Crippen LogP contribution in [0.1, 0.15) is 0 Å². The lowest BCUT2D eigenvalue weighted by Gasteiger charge is -2.29. The predicted octanol–water partition coefficient (Wildman–Crippen LogP) is -0.535. The molecular weight excluding hydrogens is 385 g/mol. The number of benzene rings is 2. The van der Waals surface area contributed by atoms with Crippen LogP contribution in [0.4, 0.5) is 24.5 Å². The van der Waals surface area contributed by atoms with Gasteiger partial charge >= 0.3 is 0 Å². The van der Waals surface area contributed by atoms with Crippen LogP contribution in [-0.4, -0.2) is 51.1 Å². The van der Waals surface area contributed by atoms with Crippen molar-refractivity contribution in [2.45, 2.75) is 0 Å². The van der Waals surface area contributed by atoms with E-state index in [0.29, 0.717) is 31.9 Å². The van der Waals surface area contributed by atoms with E-state index in [9.17, 15) is 22.8 Å². The van der Waals surface area contributed by atoms with E-state index < -0.39 is 17.5 Å². The van der Waals surface area contributed by atoms with Gasteiger partial charge in [-0.2, -0.15) is 0 Å². The summed E-state index contributed by atoms with van der Waals surface area (Å²) in [7, 11) is 0. The van der Waals surface area contributed by atoms with Crippen LogP contribution < -0.4 is 20.4 Å². The van der Waals surface area contributed by atoms with Gasteiger partial charge in [0.25, 0.3) is 11.8 Å². The summed E-state index contributed by atoms with van der Waals surface area (Å²) < 4.78 is 39.7. The van der Waals surface area contributed by atoms with E-state index in [-0.39, 0.29) is 30.6 Å². The Hall–Kier alpha value is -2.91. The van der Waals surface area contributed by atoms with Gasteiger partial charge in [-0.15, -0.1) is 0 Å². The second kappa shape index (κ2) is 9.53. The molecule has 1 heterocycles. The normalized spacial score (nSPS) is 18.9. The van der Waals surface area contributed by atoms with E-state index in [0.717, 1.165) is 21.9 Å². The number of hydrogen-bond acceptors (Lipinski definition) is 2. The highest BCUT2D eigenvalue weighted by Gasteiger charge is 2.26. The third kappa shape index (κ3) is 6.30. The van der Waals surface area contributed by atoms with Gasteiger partial charge in [0.1, 0.15) is 43.6 Å². The van der Waals surface area contributed by atoms with Gasteiger partial charge < -0.3 is 20.4 Å². The Morgan fingerprint density at radius 2 is 1.38 bits per heavy atom. The molecule has 2 aromatic carbocycles. The quantitative estimate of drug-likeness (QED) is 0.519. The number of piperazine rings is 1. The molecule has 0 spiro atoms. The van der Waals surface area contributed by atoms with Crippen LogP contribution in [0, 0.1) is 17.5 Å². The van der Waals surface area contributed by atoms with Gasteiger partial charge in [-0.3, -0.25) is 9.59 Å². The highest BCUT2D eigenvalue weighted by Crippen LogP contribution is 2.14. The molecular formula is C20H23F3N4O2+2. The highest BCUT2D eigenvalue weighted by atomic mass is 19.1. The summed E-state index contributed by atoms with van der Waals surface area (Å²) in [4.78, 5) is 26.3. The second-order valence-corrected chi connectivity index (χ2v) is 7.08. The van der Waals surface area contributed by atoms with Gasteiger partial charge in [0.05, 0.1) is 5.69 Å². The predicted molar refractivity (Wildman–Crippen MR) is 101 cm³/mol. The van der Waals surface area contributed by atoms with Crippen molar-refractivity contribution in [1.82, 2.24) is 0 Å². The number of halogens is 3. The second-order valence-electron chi connectivity index (χ2n) is 7.08. The third-order valence-corrected chi connectivity index (χ3v) is 4.80. The summed E-state index contributed by atoms with van der Waals surface area (Å²) in [6.45, 7) is 3.19.